The number of piperidine rings is 1. The first-order valence-electron chi connectivity index (χ1n) is 12.4. The van der Waals surface area contributed by atoms with Gasteiger partial charge in [0.05, 0.1) is 6.04 Å². The second kappa shape index (κ2) is 12.7. The Morgan fingerprint density at radius 1 is 1.13 bits per heavy atom. The zero-order chi connectivity index (χ0) is 26.5. The van der Waals surface area contributed by atoms with Crippen molar-refractivity contribution < 1.29 is 23.2 Å². The van der Waals surface area contributed by atoms with Crippen molar-refractivity contribution in [1.82, 2.24) is 25.4 Å². The van der Waals surface area contributed by atoms with Gasteiger partial charge in [0.2, 0.25) is 0 Å². The molecular formula is C28H35F2N5O3. The van der Waals surface area contributed by atoms with E-state index in [1.807, 2.05) is 18.3 Å². The Morgan fingerprint density at radius 3 is 2.50 bits per heavy atom. The van der Waals surface area contributed by atoms with Crippen LogP contribution in [0.5, 0.6) is 0 Å². The number of allylic oxidation sites excluding steroid dienone is 1. The number of rotatable bonds is 7. The smallest absolute Gasteiger partial charge is 0.330 e. The number of hydrogen-bond donors (Lipinski definition) is 2. The second-order valence-electron chi connectivity index (χ2n) is 9.43. The van der Waals surface area contributed by atoms with Gasteiger partial charge in [-0.05, 0) is 82.6 Å². The van der Waals surface area contributed by atoms with Gasteiger partial charge < -0.3 is 15.5 Å². The number of halogens is 2. The zero-order valence-corrected chi connectivity index (χ0v) is 21.0. The van der Waals surface area contributed by atoms with Gasteiger partial charge in [0.1, 0.15) is 0 Å². The molecule has 1 unspecified atom stereocenters. The van der Waals surface area contributed by atoms with E-state index in [2.05, 4.69) is 26.6 Å². The third-order valence-corrected chi connectivity index (χ3v) is 6.93. The summed E-state index contributed by atoms with van der Waals surface area (Å²) in [6.45, 7) is 5.81. The largest absolute Gasteiger partial charge is 0.337 e. The summed E-state index contributed by atoms with van der Waals surface area (Å²) < 4.78 is 27.6. The van der Waals surface area contributed by atoms with Gasteiger partial charge in [0.25, 0.3) is 0 Å². The summed E-state index contributed by atoms with van der Waals surface area (Å²) in [5.41, 5.74) is 1.66. The van der Waals surface area contributed by atoms with Crippen LogP contribution in [-0.4, -0.2) is 58.8 Å². The van der Waals surface area contributed by atoms with Crippen LogP contribution in [0.3, 0.4) is 0 Å². The molecule has 2 aromatic rings. The van der Waals surface area contributed by atoms with Crippen molar-refractivity contribution in [3.05, 3.63) is 76.8 Å². The summed E-state index contributed by atoms with van der Waals surface area (Å²) in [7, 11) is 0. The van der Waals surface area contributed by atoms with Crippen LogP contribution in [0.15, 0.2) is 53.9 Å². The summed E-state index contributed by atoms with van der Waals surface area (Å²) in [6.07, 6.45) is 4.53. The highest BCUT2D eigenvalue weighted by molar-refractivity contribution is 6.03. The minimum absolute atomic E-state index is 0. The molecule has 4 rings (SSSR count). The average molecular weight is 528 g/mol. The standard InChI is InChI=1S/C27H31F2N5O3.CH4/c1-17-24(18(2)35)25(20-7-8-21(28)22(29)16-20)34(27(37)32-17)26(36)31-12-5-13-33-14-9-19(10-15-33)23-6-3-4-11-30-23;/h3-4,6-8,11,16,19,25H,5,9-10,12-15H2,1-2H3,(H,31,36)(H,32,37);1H4. The summed E-state index contributed by atoms with van der Waals surface area (Å²) in [5.74, 6) is -2.13. The van der Waals surface area contributed by atoms with Gasteiger partial charge >= 0.3 is 12.1 Å². The Balaban J connectivity index is 0.00000400. The lowest BCUT2D eigenvalue weighted by Gasteiger charge is -2.36. The van der Waals surface area contributed by atoms with Crippen molar-refractivity contribution in [2.75, 3.05) is 26.2 Å². The van der Waals surface area contributed by atoms with E-state index >= 15 is 0 Å². The average Bonchev–Trinajstić information content (AvgIpc) is 2.88. The number of urea groups is 2. The lowest BCUT2D eigenvalue weighted by molar-refractivity contribution is -0.114. The van der Waals surface area contributed by atoms with Crippen LogP contribution in [0.1, 0.15) is 63.8 Å². The number of nitrogens with zero attached hydrogens (tertiary/aromatic N) is 3. The van der Waals surface area contributed by atoms with Gasteiger partial charge in [0.15, 0.2) is 17.4 Å². The van der Waals surface area contributed by atoms with Crippen LogP contribution in [0.2, 0.25) is 0 Å². The van der Waals surface area contributed by atoms with Crippen LogP contribution < -0.4 is 10.6 Å². The highest BCUT2D eigenvalue weighted by Gasteiger charge is 2.40. The van der Waals surface area contributed by atoms with Gasteiger partial charge in [-0.25, -0.2) is 23.3 Å². The second-order valence-corrected chi connectivity index (χ2v) is 9.43. The third-order valence-electron chi connectivity index (χ3n) is 6.93. The molecule has 2 N–H and O–H groups in total. The number of likely N-dealkylation sites (tertiary alicyclic amines) is 1. The molecule has 0 spiro atoms. The number of hydrogen-bond acceptors (Lipinski definition) is 5. The molecule has 1 atom stereocenters. The topological polar surface area (TPSA) is 94.6 Å². The Bertz CT molecular complexity index is 1200. The number of carbonyl (C=O) groups excluding carboxylic acids is 3. The summed E-state index contributed by atoms with van der Waals surface area (Å²) in [6, 6.07) is 6.44. The SMILES string of the molecule is C.CC(=O)C1=C(C)NC(=O)N(C(=O)NCCCN2CCC(c3ccccn3)CC2)C1c1ccc(F)c(F)c1. The fourth-order valence-corrected chi connectivity index (χ4v) is 5.06. The Labute approximate surface area is 222 Å². The van der Waals surface area contributed by atoms with E-state index in [1.165, 1.54) is 19.9 Å². The van der Waals surface area contributed by atoms with Gasteiger partial charge in [-0.15, -0.1) is 0 Å². The van der Waals surface area contributed by atoms with E-state index in [-0.39, 0.29) is 30.0 Å². The number of benzene rings is 1. The normalized spacial score (nSPS) is 18.6. The highest BCUT2D eigenvalue weighted by atomic mass is 19.2. The number of ketones is 1. The van der Waals surface area contributed by atoms with Crippen LogP contribution in [0.4, 0.5) is 18.4 Å². The first-order chi connectivity index (χ1) is 17.8. The lowest BCUT2D eigenvalue weighted by Crippen LogP contribution is -2.54. The maximum atomic E-state index is 14.0. The van der Waals surface area contributed by atoms with Crippen LogP contribution in [0, 0.1) is 11.6 Å². The van der Waals surface area contributed by atoms with Crippen molar-refractivity contribution in [2.45, 2.75) is 52.5 Å². The number of Topliss-reactive ketones (excluding diaryl/α,β-unsaturated/α-hetero) is 1. The predicted molar refractivity (Wildman–Crippen MR) is 140 cm³/mol. The highest BCUT2D eigenvalue weighted by Crippen LogP contribution is 2.34. The molecule has 2 aliphatic rings. The molecule has 4 amide bonds. The maximum Gasteiger partial charge on any atom is 0.330 e. The molecule has 1 saturated heterocycles. The molecule has 3 heterocycles. The minimum Gasteiger partial charge on any atom is -0.337 e. The van der Waals surface area contributed by atoms with Gasteiger partial charge in [0, 0.05) is 35.6 Å². The van der Waals surface area contributed by atoms with Crippen LogP contribution in [0.25, 0.3) is 0 Å². The molecule has 1 aromatic carbocycles. The minimum atomic E-state index is -1.17. The monoisotopic (exact) mass is 527 g/mol. The zero-order valence-electron chi connectivity index (χ0n) is 21.0. The van der Waals surface area contributed by atoms with Gasteiger partial charge in [-0.1, -0.05) is 19.6 Å². The van der Waals surface area contributed by atoms with E-state index in [0.717, 1.165) is 55.2 Å². The first kappa shape index (κ1) is 28.9. The maximum absolute atomic E-state index is 14.0. The Morgan fingerprint density at radius 2 is 1.87 bits per heavy atom. The molecular weight excluding hydrogens is 492 g/mol. The van der Waals surface area contributed by atoms with Crippen LogP contribution >= 0.6 is 0 Å². The number of carbonyl (C=O) groups is 3. The number of pyridine rings is 1. The van der Waals surface area contributed by atoms with E-state index < -0.39 is 29.7 Å². The molecule has 8 nitrogen and oxygen atoms in total. The number of aromatic nitrogens is 1. The van der Waals surface area contributed by atoms with E-state index in [9.17, 15) is 23.2 Å². The predicted octanol–water partition coefficient (Wildman–Crippen LogP) is 4.90. The van der Waals surface area contributed by atoms with Gasteiger partial charge in [-0.2, -0.15) is 0 Å². The van der Waals surface area contributed by atoms with E-state index in [4.69, 9.17) is 0 Å². The summed E-state index contributed by atoms with van der Waals surface area (Å²) in [4.78, 5) is 46.0. The quantitative estimate of drug-likeness (QED) is 0.500. The van der Waals surface area contributed by atoms with Crippen molar-refractivity contribution in [2.24, 2.45) is 0 Å². The molecule has 0 radical (unpaired) electrons. The van der Waals surface area contributed by atoms with Crippen molar-refractivity contribution in [3.8, 4) is 0 Å². The number of imide groups is 1. The van der Waals surface area contributed by atoms with Gasteiger partial charge in [-0.3, -0.25) is 9.78 Å². The molecule has 0 saturated carbocycles. The van der Waals surface area contributed by atoms with Crippen molar-refractivity contribution in [1.29, 1.82) is 0 Å². The molecule has 2 aliphatic heterocycles. The fraction of sp³-hybridized carbons (Fsp3) is 0.429. The first-order valence-corrected chi connectivity index (χ1v) is 12.4. The molecule has 1 aromatic heterocycles. The summed E-state index contributed by atoms with van der Waals surface area (Å²) >= 11 is 0. The molecule has 10 heteroatoms. The third kappa shape index (κ3) is 6.42. The lowest BCUT2D eigenvalue weighted by atomic mass is 9.91. The fourth-order valence-electron chi connectivity index (χ4n) is 5.06. The molecule has 0 aliphatic carbocycles. The Kier molecular flexibility index (Phi) is 9.68. The molecule has 204 valence electrons. The van der Waals surface area contributed by atoms with E-state index in [1.54, 1.807) is 0 Å². The molecule has 1 fully saturated rings. The van der Waals surface area contributed by atoms with E-state index in [0.29, 0.717) is 18.9 Å². The summed E-state index contributed by atoms with van der Waals surface area (Å²) in [5, 5.41) is 5.28. The van der Waals surface area contributed by atoms with Crippen molar-refractivity contribution >= 4 is 17.8 Å². The molecule has 38 heavy (non-hydrogen) atoms. The van der Waals surface area contributed by atoms with Crippen molar-refractivity contribution in [3.63, 3.8) is 0 Å². The molecule has 0 bridgehead atoms. The van der Waals surface area contributed by atoms with Crippen LogP contribution in [-0.2, 0) is 4.79 Å². The number of amides is 4. The number of nitrogens with one attached hydrogen (secondary N) is 2. The Hall–Kier alpha value is -3.66.